The minimum Gasteiger partial charge on any atom is -0.481 e. The molecule has 0 aliphatic rings. The van der Waals surface area contributed by atoms with Gasteiger partial charge in [0.15, 0.2) is 0 Å². The van der Waals surface area contributed by atoms with Crippen LogP contribution in [-0.4, -0.2) is 35.6 Å². The van der Waals surface area contributed by atoms with Gasteiger partial charge in [0, 0.05) is 23.1 Å². The number of anilines is 1. The quantitative estimate of drug-likeness (QED) is 0.115. The minimum absolute atomic E-state index is 0.0528. The van der Waals surface area contributed by atoms with E-state index in [0.717, 1.165) is 11.1 Å². The number of aliphatic carboxylic acids is 1. The molecule has 3 N–H and O–H groups in total. The van der Waals surface area contributed by atoms with Gasteiger partial charge in [-0.2, -0.15) is 0 Å². The topological polar surface area (TPSA) is 161 Å². The van der Waals surface area contributed by atoms with Crippen molar-refractivity contribution in [3.63, 3.8) is 0 Å². The molecule has 1 atom stereocenters. The van der Waals surface area contributed by atoms with E-state index >= 15 is 0 Å². The predicted octanol–water partition coefficient (Wildman–Crippen LogP) is 7.90. The number of nitrogens with zero attached hydrogens (tertiary/aromatic N) is 2. The first-order valence-electron chi connectivity index (χ1n) is 15.2. The Morgan fingerprint density at radius 2 is 1.54 bits per heavy atom. The number of benzene rings is 5. The Labute approximate surface area is 292 Å². The van der Waals surface area contributed by atoms with Crippen LogP contribution in [0.3, 0.4) is 0 Å². The number of halogens is 1. The molecule has 0 aliphatic carbocycles. The number of aryl methyl sites for hydroxylation is 1. The molecule has 5 aromatic carbocycles. The molecule has 252 valence electrons. The third-order valence-electron chi connectivity index (χ3n) is 7.57. The van der Waals surface area contributed by atoms with Crippen molar-refractivity contribution in [3.05, 3.63) is 143 Å². The van der Waals surface area contributed by atoms with Gasteiger partial charge >= 0.3 is 5.97 Å². The van der Waals surface area contributed by atoms with Crippen LogP contribution in [0.5, 0.6) is 11.5 Å². The fraction of sp³-hybridized carbons (Fsp3) is 0.0811. The average molecular weight is 709 g/mol. The Morgan fingerprint density at radius 1 is 0.860 bits per heavy atom. The monoisotopic (exact) mass is 708 g/mol. The summed E-state index contributed by atoms with van der Waals surface area (Å²) in [4.78, 5) is 25.5. The van der Waals surface area contributed by atoms with Crippen LogP contribution in [0.1, 0.15) is 34.3 Å². The molecule has 1 amide bonds. The first-order valence-corrected chi connectivity index (χ1v) is 17.1. The highest BCUT2D eigenvalue weighted by atomic mass is 35.5. The number of sulfonamides is 1. The molecule has 0 spiro atoms. The highest BCUT2D eigenvalue weighted by Crippen LogP contribution is 2.34. The molecule has 0 saturated carbocycles. The Balaban J connectivity index is 1.22. The van der Waals surface area contributed by atoms with E-state index in [1.54, 1.807) is 19.1 Å². The molecule has 0 saturated heterocycles. The van der Waals surface area contributed by atoms with E-state index in [2.05, 4.69) is 20.2 Å². The standard InChI is InChI=1S/C37H29ClN4O7S/c1-23-40-41-37(48-23)26-15-18-29(19-16-26)50(46,47)42-32-20-17-27(38)21-31(32)36(45)39-33(22-35(43)44)25-13-11-24(12-14-25)30-9-5-6-10-34(30)49-28-7-3-2-4-8-28/h2-21,33,42H,22H2,1H3,(H,39,45)(H,43,44). The maximum atomic E-state index is 13.7. The summed E-state index contributed by atoms with van der Waals surface area (Å²) in [7, 11) is -4.17. The van der Waals surface area contributed by atoms with E-state index in [-0.39, 0.29) is 27.1 Å². The Kier molecular flexibility index (Phi) is 9.93. The summed E-state index contributed by atoms with van der Waals surface area (Å²) in [5.41, 5.74) is 2.52. The van der Waals surface area contributed by atoms with Crippen LogP contribution in [0, 0.1) is 6.92 Å². The van der Waals surface area contributed by atoms with Gasteiger partial charge in [-0.05, 0) is 71.8 Å². The number of amides is 1. The van der Waals surface area contributed by atoms with Crippen molar-refractivity contribution in [2.75, 3.05) is 4.72 Å². The molecule has 6 rings (SSSR count). The van der Waals surface area contributed by atoms with Gasteiger partial charge in [0.25, 0.3) is 15.9 Å². The van der Waals surface area contributed by atoms with Crippen LogP contribution < -0.4 is 14.8 Å². The number of nitrogens with one attached hydrogen (secondary N) is 2. The second kappa shape index (κ2) is 14.6. The number of para-hydroxylation sites is 2. The molecule has 13 heteroatoms. The summed E-state index contributed by atoms with van der Waals surface area (Å²) in [6.07, 6.45) is -0.438. The lowest BCUT2D eigenvalue weighted by atomic mass is 9.98. The zero-order valence-electron chi connectivity index (χ0n) is 26.4. The zero-order chi connectivity index (χ0) is 35.3. The molecule has 1 unspecified atom stereocenters. The van der Waals surface area contributed by atoms with Gasteiger partial charge < -0.3 is 19.6 Å². The van der Waals surface area contributed by atoms with E-state index in [4.69, 9.17) is 20.8 Å². The molecule has 0 fully saturated rings. The number of carboxylic acids is 1. The molecular weight excluding hydrogens is 680 g/mol. The number of carboxylic acid groups (broad SMARTS) is 1. The predicted molar refractivity (Wildman–Crippen MR) is 188 cm³/mol. The summed E-state index contributed by atoms with van der Waals surface area (Å²) in [5.74, 6) is 0.0392. The number of rotatable bonds is 12. The molecule has 1 aromatic heterocycles. The molecule has 0 aliphatic heterocycles. The van der Waals surface area contributed by atoms with Crippen molar-refractivity contribution < 1.29 is 32.3 Å². The molecule has 0 bridgehead atoms. The maximum absolute atomic E-state index is 13.7. The summed E-state index contributed by atoms with van der Waals surface area (Å²) < 4.78 is 40.7. The van der Waals surface area contributed by atoms with Crippen LogP contribution in [-0.2, 0) is 14.8 Å². The van der Waals surface area contributed by atoms with Crippen LogP contribution in [0.25, 0.3) is 22.6 Å². The van der Waals surface area contributed by atoms with Crippen molar-refractivity contribution in [3.8, 4) is 34.1 Å². The highest BCUT2D eigenvalue weighted by Gasteiger charge is 2.24. The minimum atomic E-state index is -4.17. The van der Waals surface area contributed by atoms with Gasteiger partial charge in [0.05, 0.1) is 28.6 Å². The summed E-state index contributed by atoms with van der Waals surface area (Å²) in [5, 5.41) is 20.3. The first kappa shape index (κ1) is 33.9. The van der Waals surface area contributed by atoms with Crippen molar-refractivity contribution in [1.82, 2.24) is 15.5 Å². The Bertz CT molecular complexity index is 2260. The maximum Gasteiger partial charge on any atom is 0.305 e. The lowest BCUT2D eigenvalue weighted by Gasteiger charge is -2.20. The van der Waals surface area contributed by atoms with Crippen LogP contribution >= 0.6 is 11.6 Å². The van der Waals surface area contributed by atoms with Crippen LogP contribution in [0.4, 0.5) is 5.69 Å². The Morgan fingerprint density at radius 3 is 2.22 bits per heavy atom. The van der Waals surface area contributed by atoms with Crippen molar-refractivity contribution in [2.45, 2.75) is 24.3 Å². The SMILES string of the molecule is Cc1nnc(-c2ccc(S(=O)(=O)Nc3ccc(Cl)cc3C(=O)NC(CC(=O)O)c3ccc(-c4ccccc4Oc4ccccc4)cc3)cc2)o1. The normalized spacial score (nSPS) is 11.8. The molecule has 6 aromatic rings. The molecule has 0 radical (unpaired) electrons. The van der Waals surface area contributed by atoms with Gasteiger partial charge in [-0.1, -0.05) is 72.3 Å². The van der Waals surface area contributed by atoms with Gasteiger partial charge in [-0.3, -0.25) is 14.3 Å². The van der Waals surface area contributed by atoms with E-state index in [1.807, 2.05) is 66.7 Å². The van der Waals surface area contributed by atoms with E-state index in [9.17, 15) is 23.1 Å². The van der Waals surface area contributed by atoms with Crippen molar-refractivity contribution in [2.24, 2.45) is 0 Å². The Hall–Kier alpha value is -5.98. The number of ether oxygens (including phenoxy) is 1. The average Bonchev–Trinajstić information content (AvgIpc) is 3.55. The largest absolute Gasteiger partial charge is 0.481 e. The fourth-order valence-electron chi connectivity index (χ4n) is 5.15. The fourth-order valence-corrected chi connectivity index (χ4v) is 6.41. The molecule has 11 nitrogen and oxygen atoms in total. The number of carbonyl (C=O) groups is 2. The number of aromatic nitrogens is 2. The summed E-state index contributed by atoms with van der Waals surface area (Å²) in [6.45, 7) is 1.64. The van der Waals surface area contributed by atoms with Gasteiger partial charge in [0.1, 0.15) is 11.5 Å². The van der Waals surface area contributed by atoms with E-state index in [0.29, 0.717) is 28.5 Å². The number of hydrogen-bond acceptors (Lipinski definition) is 8. The molecular formula is C37H29ClN4O7S. The van der Waals surface area contributed by atoms with E-state index in [1.165, 1.54) is 42.5 Å². The highest BCUT2D eigenvalue weighted by molar-refractivity contribution is 7.92. The molecule has 1 heterocycles. The second-order valence-electron chi connectivity index (χ2n) is 11.1. The summed E-state index contributed by atoms with van der Waals surface area (Å²) in [6, 6.07) is 32.9. The van der Waals surface area contributed by atoms with Crippen molar-refractivity contribution in [1.29, 1.82) is 0 Å². The zero-order valence-corrected chi connectivity index (χ0v) is 28.0. The third kappa shape index (κ3) is 8.00. The number of hydrogen-bond donors (Lipinski definition) is 3. The van der Waals surface area contributed by atoms with Crippen LogP contribution in [0.2, 0.25) is 5.02 Å². The van der Waals surface area contributed by atoms with Crippen molar-refractivity contribution >= 4 is 39.2 Å². The van der Waals surface area contributed by atoms with Crippen LogP contribution in [0.15, 0.2) is 131 Å². The van der Waals surface area contributed by atoms with Gasteiger partial charge in [-0.25, -0.2) is 8.42 Å². The first-order chi connectivity index (χ1) is 24.1. The lowest BCUT2D eigenvalue weighted by Crippen LogP contribution is -2.31. The smallest absolute Gasteiger partial charge is 0.305 e. The third-order valence-corrected chi connectivity index (χ3v) is 9.19. The second-order valence-corrected chi connectivity index (χ2v) is 13.2. The van der Waals surface area contributed by atoms with Gasteiger partial charge in [0.2, 0.25) is 11.8 Å². The number of carbonyl (C=O) groups excluding carboxylic acids is 1. The molecule has 50 heavy (non-hydrogen) atoms. The van der Waals surface area contributed by atoms with Gasteiger partial charge in [-0.15, -0.1) is 10.2 Å². The summed E-state index contributed by atoms with van der Waals surface area (Å²) >= 11 is 6.22. The van der Waals surface area contributed by atoms with E-state index < -0.39 is 34.4 Å². The lowest BCUT2D eigenvalue weighted by molar-refractivity contribution is -0.137.